The van der Waals surface area contributed by atoms with E-state index in [1.54, 1.807) is 12.1 Å². The summed E-state index contributed by atoms with van der Waals surface area (Å²) in [6, 6.07) is 5.89. The molecule has 1 fully saturated rings. The van der Waals surface area contributed by atoms with Crippen LogP contribution in [0.2, 0.25) is 0 Å². The second-order valence-corrected chi connectivity index (χ2v) is 6.23. The zero-order valence-electron chi connectivity index (χ0n) is 13.6. The molecule has 2 N–H and O–H groups in total. The van der Waals surface area contributed by atoms with E-state index in [0.29, 0.717) is 12.0 Å². The molecule has 1 saturated carbocycles. The molecule has 0 saturated heterocycles. The third-order valence-electron chi connectivity index (χ3n) is 4.46. The van der Waals surface area contributed by atoms with E-state index in [0.717, 1.165) is 6.42 Å². The van der Waals surface area contributed by atoms with Gasteiger partial charge in [0.1, 0.15) is 5.75 Å². The summed E-state index contributed by atoms with van der Waals surface area (Å²) in [4.78, 5) is 12.1. The number of carbonyl (C=O) groups is 1. The minimum Gasteiger partial charge on any atom is -0.405 e. The quantitative estimate of drug-likeness (QED) is 0.798. The van der Waals surface area contributed by atoms with Gasteiger partial charge in [-0.15, -0.1) is 13.2 Å². The van der Waals surface area contributed by atoms with Crippen molar-refractivity contribution in [2.24, 2.45) is 11.8 Å². The van der Waals surface area contributed by atoms with E-state index in [-0.39, 0.29) is 36.0 Å². The van der Waals surface area contributed by atoms with Crippen molar-refractivity contribution in [3.8, 4) is 5.75 Å². The van der Waals surface area contributed by atoms with Gasteiger partial charge in [-0.3, -0.25) is 4.79 Å². The molecule has 1 aliphatic rings. The molecule has 0 bridgehead atoms. The van der Waals surface area contributed by atoms with Gasteiger partial charge in [0, 0.05) is 12.5 Å². The first-order valence-corrected chi connectivity index (χ1v) is 8.03. The second-order valence-electron chi connectivity index (χ2n) is 6.23. The van der Waals surface area contributed by atoms with Gasteiger partial charge in [0.25, 0.3) is 0 Å². The molecule has 1 aliphatic carbocycles. The maximum absolute atomic E-state index is 12.5. The van der Waals surface area contributed by atoms with Crippen molar-refractivity contribution in [2.45, 2.75) is 45.1 Å². The van der Waals surface area contributed by atoms with Crippen molar-refractivity contribution in [1.29, 1.82) is 0 Å². The van der Waals surface area contributed by atoms with Crippen LogP contribution in [-0.4, -0.2) is 30.0 Å². The third kappa shape index (κ3) is 4.87. The molecule has 0 heterocycles. The Labute approximate surface area is 139 Å². The Balaban J connectivity index is 1.94. The van der Waals surface area contributed by atoms with Gasteiger partial charge in [-0.1, -0.05) is 38.5 Å². The number of alkyl halides is 3. The van der Waals surface area contributed by atoms with Crippen LogP contribution in [0, 0.1) is 11.8 Å². The van der Waals surface area contributed by atoms with E-state index < -0.39 is 12.5 Å². The van der Waals surface area contributed by atoms with Crippen LogP contribution in [0.3, 0.4) is 0 Å². The first-order chi connectivity index (χ1) is 11.2. The van der Waals surface area contributed by atoms with Gasteiger partial charge in [0.15, 0.2) is 0 Å². The van der Waals surface area contributed by atoms with Crippen LogP contribution in [0.15, 0.2) is 24.3 Å². The summed E-state index contributed by atoms with van der Waals surface area (Å²) >= 11 is 0. The Morgan fingerprint density at radius 2 is 2.08 bits per heavy atom. The van der Waals surface area contributed by atoms with Gasteiger partial charge in [-0.25, -0.2) is 0 Å². The van der Waals surface area contributed by atoms with Gasteiger partial charge in [-0.2, -0.15) is 0 Å². The number of aliphatic hydroxyl groups excluding tert-OH is 1. The highest BCUT2D eigenvalue weighted by molar-refractivity contribution is 5.83. The number of ether oxygens (including phenoxy) is 1. The van der Waals surface area contributed by atoms with Crippen LogP contribution in [-0.2, 0) is 4.79 Å². The number of benzene rings is 1. The van der Waals surface area contributed by atoms with Gasteiger partial charge >= 0.3 is 6.36 Å². The van der Waals surface area contributed by atoms with Crippen molar-refractivity contribution in [1.82, 2.24) is 5.32 Å². The highest BCUT2D eigenvalue weighted by Gasteiger charge is 2.46. The molecule has 0 spiro atoms. The number of aliphatic hydroxyl groups is 1. The minimum atomic E-state index is -4.76. The molecule has 1 aromatic carbocycles. The molecule has 4 atom stereocenters. The Kier molecular flexibility index (Phi) is 5.74. The van der Waals surface area contributed by atoms with Crippen LogP contribution in [0.5, 0.6) is 5.75 Å². The minimum absolute atomic E-state index is 0.0706. The van der Waals surface area contributed by atoms with Gasteiger partial charge in [0.2, 0.25) is 5.91 Å². The molecule has 24 heavy (non-hydrogen) atoms. The maximum Gasteiger partial charge on any atom is 0.573 e. The summed E-state index contributed by atoms with van der Waals surface area (Å²) in [5.41, 5.74) is 0.387. The fraction of sp³-hybridized carbons (Fsp3) is 0.588. The third-order valence-corrected chi connectivity index (χ3v) is 4.46. The first-order valence-electron chi connectivity index (χ1n) is 8.03. The van der Waals surface area contributed by atoms with Gasteiger partial charge < -0.3 is 15.2 Å². The fourth-order valence-electron chi connectivity index (χ4n) is 2.64. The van der Waals surface area contributed by atoms with Crippen LogP contribution in [0.4, 0.5) is 13.2 Å². The van der Waals surface area contributed by atoms with Crippen LogP contribution in [0.1, 0.15) is 38.2 Å². The number of rotatable bonds is 7. The molecule has 1 amide bonds. The van der Waals surface area contributed by atoms with Crippen molar-refractivity contribution in [2.75, 3.05) is 6.54 Å². The molecular weight excluding hydrogens is 323 g/mol. The normalized spacial score (nSPS) is 22.6. The van der Waals surface area contributed by atoms with E-state index in [2.05, 4.69) is 10.1 Å². The van der Waals surface area contributed by atoms with E-state index in [9.17, 15) is 23.1 Å². The molecule has 0 radical (unpaired) electrons. The molecule has 0 aliphatic heterocycles. The summed E-state index contributed by atoms with van der Waals surface area (Å²) in [5, 5.41) is 12.5. The van der Waals surface area contributed by atoms with Crippen molar-refractivity contribution < 1.29 is 27.8 Å². The van der Waals surface area contributed by atoms with Crippen LogP contribution < -0.4 is 10.1 Å². The number of hydrogen-bond acceptors (Lipinski definition) is 3. The lowest BCUT2D eigenvalue weighted by molar-refractivity contribution is -0.274. The Hall–Kier alpha value is -1.76. The fourth-order valence-corrected chi connectivity index (χ4v) is 2.64. The molecule has 134 valence electrons. The van der Waals surface area contributed by atoms with E-state index in [1.807, 2.05) is 13.8 Å². The Morgan fingerprint density at radius 1 is 1.42 bits per heavy atom. The van der Waals surface area contributed by atoms with E-state index >= 15 is 0 Å². The van der Waals surface area contributed by atoms with E-state index in [1.165, 1.54) is 12.1 Å². The van der Waals surface area contributed by atoms with Crippen LogP contribution >= 0.6 is 0 Å². The molecule has 7 heteroatoms. The topological polar surface area (TPSA) is 58.6 Å². The summed E-state index contributed by atoms with van der Waals surface area (Å²) < 4.78 is 41.4. The van der Waals surface area contributed by atoms with Crippen molar-refractivity contribution in [3.05, 3.63) is 29.8 Å². The highest BCUT2D eigenvalue weighted by Crippen LogP contribution is 2.51. The Bertz CT molecular complexity index is 576. The molecule has 2 rings (SSSR count). The van der Waals surface area contributed by atoms with Gasteiger partial charge in [-0.05, 0) is 29.9 Å². The number of hydrogen-bond donors (Lipinski definition) is 2. The summed E-state index contributed by atoms with van der Waals surface area (Å²) in [5.74, 6) is -1.10. The maximum atomic E-state index is 12.5. The van der Waals surface area contributed by atoms with Crippen LogP contribution in [0.25, 0.3) is 0 Å². The number of halogens is 3. The molecule has 0 aromatic heterocycles. The first kappa shape index (κ1) is 18.6. The lowest BCUT2D eigenvalue weighted by Crippen LogP contribution is -2.36. The number of nitrogens with one attached hydrogen (secondary N) is 1. The zero-order chi connectivity index (χ0) is 17.9. The predicted octanol–water partition coefficient (Wildman–Crippen LogP) is 3.21. The number of amides is 1. The van der Waals surface area contributed by atoms with Crippen molar-refractivity contribution >= 4 is 5.91 Å². The van der Waals surface area contributed by atoms with Gasteiger partial charge in [0.05, 0.1) is 6.10 Å². The largest absolute Gasteiger partial charge is 0.573 e. The summed E-state index contributed by atoms with van der Waals surface area (Å²) in [6.45, 7) is 3.99. The average Bonchev–Trinajstić information content (AvgIpc) is 3.31. The lowest BCUT2D eigenvalue weighted by Gasteiger charge is -2.17. The highest BCUT2D eigenvalue weighted by atomic mass is 19.4. The molecular formula is C17H22F3NO3. The average molecular weight is 345 g/mol. The smallest absolute Gasteiger partial charge is 0.405 e. The molecule has 4 unspecified atom stereocenters. The zero-order valence-corrected chi connectivity index (χ0v) is 13.6. The van der Waals surface area contributed by atoms with Crippen molar-refractivity contribution in [3.63, 3.8) is 0 Å². The monoisotopic (exact) mass is 345 g/mol. The summed E-state index contributed by atoms with van der Waals surface area (Å²) in [6.07, 6.45) is -4.12. The molecule has 4 nitrogen and oxygen atoms in total. The Morgan fingerprint density at radius 3 is 2.71 bits per heavy atom. The lowest BCUT2D eigenvalue weighted by atomic mass is 10.0. The second kappa shape index (κ2) is 7.42. The number of para-hydroxylation sites is 1. The number of carbonyl (C=O) groups excluding carboxylic acids is 1. The molecule has 1 aromatic rings. The predicted molar refractivity (Wildman–Crippen MR) is 82.4 cm³/mol. The SMILES string of the molecule is CCC(C)C(O)CNC(=O)C1CC1c1ccccc1OC(F)(F)F. The van der Waals surface area contributed by atoms with E-state index in [4.69, 9.17) is 0 Å². The standard InChI is InChI=1S/C17H22F3NO3/c1-3-10(2)14(22)9-21-16(23)13-8-12(13)11-6-4-5-7-15(11)24-17(18,19)20/h4-7,10,12-14,22H,3,8-9H2,1-2H3,(H,21,23). The summed E-state index contributed by atoms with van der Waals surface area (Å²) in [7, 11) is 0.